The third-order valence-electron chi connectivity index (χ3n) is 7.09. The van der Waals surface area contributed by atoms with Crippen LogP contribution in [0.15, 0.2) is 34.3 Å². The summed E-state index contributed by atoms with van der Waals surface area (Å²) in [5.41, 5.74) is 0.800. The van der Waals surface area contributed by atoms with Gasteiger partial charge >= 0.3 is 0 Å². The van der Waals surface area contributed by atoms with Crippen LogP contribution in [-0.4, -0.2) is 95.3 Å². The van der Waals surface area contributed by atoms with Gasteiger partial charge in [0.15, 0.2) is 11.0 Å². The van der Waals surface area contributed by atoms with E-state index in [-0.39, 0.29) is 5.91 Å². The monoisotopic (exact) mass is 520 g/mol. The van der Waals surface area contributed by atoms with Crippen molar-refractivity contribution in [3.05, 3.63) is 24.3 Å². The van der Waals surface area contributed by atoms with Gasteiger partial charge in [0.05, 0.1) is 10.6 Å². The molecule has 11 heteroatoms. The molecule has 2 aliphatic rings. The molecule has 0 bridgehead atoms. The summed E-state index contributed by atoms with van der Waals surface area (Å²) in [7, 11) is 0.396. The Hall–Kier alpha value is -1.95. The molecule has 1 aromatic heterocycles. The molecule has 1 saturated carbocycles. The minimum absolute atomic E-state index is 0.118. The van der Waals surface area contributed by atoms with Gasteiger partial charge < -0.3 is 14.4 Å². The summed E-state index contributed by atoms with van der Waals surface area (Å²) < 4.78 is 29.6. The summed E-state index contributed by atoms with van der Waals surface area (Å²) in [4.78, 5) is 17.1. The highest BCUT2D eigenvalue weighted by Crippen LogP contribution is 2.27. The number of carbonyl (C=O) groups is 1. The first kappa shape index (κ1) is 26.1. The highest BCUT2D eigenvalue weighted by Gasteiger charge is 2.28. The molecule has 2 fully saturated rings. The van der Waals surface area contributed by atoms with Crippen LogP contribution in [0, 0.1) is 0 Å². The number of aromatic nitrogens is 3. The van der Waals surface area contributed by atoms with Gasteiger partial charge in [0, 0.05) is 51.4 Å². The molecule has 4 rings (SSSR count). The molecule has 0 unspecified atom stereocenters. The fourth-order valence-electron chi connectivity index (χ4n) is 4.75. The maximum Gasteiger partial charge on any atom is 0.243 e. The minimum Gasteiger partial charge on any atom is -0.342 e. The fraction of sp³-hybridized carbons (Fsp3) is 0.625. The van der Waals surface area contributed by atoms with Crippen LogP contribution in [0.3, 0.4) is 0 Å². The Morgan fingerprint density at radius 2 is 1.71 bits per heavy atom. The molecule has 0 N–H and O–H groups in total. The van der Waals surface area contributed by atoms with Crippen LogP contribution in [0.1, 0.15) is 39.0 Å². The van der Waals surface area contributed by atoms with Crippen molar-refractivity contribution in [2.75, 3.05) is 46.0 Å². The van der Waals surface area contributed by atoms with Crippen LogP contribution in [-0.2, 0) is 21.4 Å². The Balaban J connectivity index is 1.43. The number of rotatable bonds is 8. The maximum absolute atomic E-state index is 13.0. The second-order valence-electron chi connectivity index (χ2n) is 9.37. The number of benzene rings is 1. The molecule has 1 saturated heterocycles. The highest BCUT2D eigenvalue weighted by atomic mass is 32.2. The predicted molar refractivity (Wildman–Crippen MR) is 138 cm³/mol. The number of sulfonamides is 1. The Morgan fingerprint density at radius 3 is 2.34 bits per heavy atom. The van der Waals surface area contributed by atoms with Crippen molar-refractivity contribution < 1.29 is 13.2 Å². The van der Waals surface area contributed by atoms with E-state index in [1.165, 1.54) is 31.0 Å². The number of thioether (sulfide) groups is 1. The molecule has 0 atom stereocenters. The van der Waals surface area contributed by atoms with Gasteiger partial charge in [-0.1, -0.05) is 31.0 Å². The van der Waals surface area contributed by atoms with Crippen LogP contribution in [0.25, 0.3) is 11.4 Å². The Morgan fingerprint density at radius 1 is 1.06 bits per heavy atom. The van der Waals surface area contributed by atoms with Gasteiger partial charge in [0.2, 0.25) is 15.9 Å². The van der Waals surface area contributed by atoms with E-state index >= 15 is 0 Å². The number of amides is 1. The maximum atomic E-state index is 13.0. The molecule has 1 aliphatic carbocycles. The van der Waals surface area contributed by atoms with Crippen molar-refractivity contribution >= 4 is 27.7 Å². The molecule has 2 heterocycles. The largest absolute Gasteiger partial charge is 0.342 e. The van der Waals surface area contributed by atoms with Gasteiger partial charge in [-0.05, 0) is 51.1 Å². The van der Waals surface area contributed by atoms with Crippen LogP contribution in [0.4, 0.5) is 0 Å². The summed E-state index contributed by atoms with van der Waals surface area (Å²) in [6.45, 7) is 5.13. The van der Waals surface area contributed by atoms with E-state index in [2.05, 4.69) is 15.1 Å². The highest BCUT2D eigenvalue weighted by molar-refractivity contribution is 7.99. The summed E-state index contributed by atoms with van der Waals surface area (Å²) in [5.74, 6) is 1.12. The normalized spacial score (nSPS) is 18.6. The molecular weight excluding hydrogens is 484 g/mol. The van der Waals surface area contributed by atoms with Crippen molar-refractivity contribution in [3.8, 4) is 11.4 Å². The summed E-state index contributed by atoms with van der Waals surface area (Å²) >= 11 is 1.41. The lowest BCUT2D eigenvalue weighted by atomic mass is 9.94. The zero-order valence-corrected chi connectivity index (χ0v) is 22.5. The number of likely N-dealkylation sites (N-methyl/N-ethyl adjacent to an activating group) is 1. The standard InChI is InChI=1S/C24H36N6O3S2/c1-4-30-23(25-26-24(30)34-18-22(31)28(3)20-8-6-5-7-9-20)19-10-12-21(13-11-19)35(32,33)29-16-14-27(2)15-17-29/h10-13,20H,4-9,14-18H2,1-3H3. The minimum atomic E-state index is -3.51. The summed E-state index contributed by atoms with van der Waals surface area (Å²) in [5, 5.41) is 9.39. The molecule has 1 aliphatic heterocycles. The quantitative estimate of drug-likeness (QED) is 0.494. The first-order valence-electron chi connectivity index (χ1n) is 12.4. The number of piperazine rings is 1. The van der Waals surface area contributed by atoms with Crippen LogP contribution in [0.5, 0.6) is 0 Å². The third kappa shape index (κ3) is 5.90. The molecule has 9 nitrogen and oxygen atoms in total. The van der Waals surface area contributed by atoms with Crippen molar-refractivity contribution in [3.63, 3.8) is 0 Å². The first-order chi connectivity index (χ1) is 16.8. The average molecular weight is 521 g/mol. The van der Waals surface area contributed by atoms with Gasteiger partial charge in [-0.3, -0.25) is 4.79 Å². The Kier molecular flexibility index (Phi) is 8.51. The van der Waals surface area contributed by atoms with Gasteiger partial charge in [-0.25, -0.2) is 8.42 Å². The number of hydrogen-bond donors (Lipinski definition) is 0. The molecule has 1 aromatic carbocycles. The van der Waals surface area contributed by atoms with Crippen molar-refractivity contribution in [1.29, 1.82) is 0 Å². The topological polar surface area (TPSA) is 91.6 Å². The van der Waals surface area contributed by atoms with Gasteiger partial charge in [0.25, 0.3) is 0 Å². The zero-order valence-electron chi connectivity index (χ0n) is 20.9. The summed E-state index contributed by atoms with van der Waals surface area (Å²) in [6.07, 6.45) is 5.82. The second-order valence-corrected chi connectivity index (χ2v) is 12.2. The Bertz CT molecular complexity index is 1100. The van der Waals surface area contributed by atoms with Gasteiger partial charge in [-0.15, -0.1) is 10.2 Å². The van der Waals surface area contributed by atoms with Crippen LogP contribution >= 0.6 is 11.8 Å². The summed E-state index contributed by atoms with van der Waals surface area (Å²) in [6, 6.07) is 7.21. The van der Waals surface area contributed by atoms with Crippen LogP contribution in [0.2, 0.25) is 0 Å². The van der Waals surface area contributed by atoms with E-state index in [1.54, 1.807) is 28.6 Å². The van der Waals surface area contributed by atoms with E-state index in [0.29, 0.717) is 47.3 Å². The lowest BCUT2D eigenvalue weighted by Gasteiger charge is -2.31. The van der Waals surface area contributed by atoms with E-state index in [0.717, 1.165) is 31.5 Å². The number of hydrogen-bond acceptors (Lipinski definition) is 7. The van der Waals surface area contributed by atoms with E-state index in [9.17, 15) is 13.2 Å². The number of nitrogens with zero attached hydrogens (tertiary/aromatic N) is 6. The molecule has 35 heavy (non-hydrogen) atoms. The predicted octanol–water partition coefficient (Wildman–Crippen LogP) is 2.78. The van der Waals surface area contributed by atoms with E-state index in [4.69, 9.17) is 0 Å². The zero-order chi connectivity index (χ0) is 25.0. The molecule has 192 valence electrons. The van der Waals surface area contributed by atoms with Gasteiger partial charge in [-0.2, -0.15) is 4.31 Å². The molecule has 1 amide bonds. The Labute approximate surface area is 212 Å². The number of carbonyl (C=O) groups excluding carboxylic acids is 1. The van der Waals surface area contributed by atoms with Crippen molar-refractivity contribution in [1.82, 2.24) is 28.9 Å². The second kappa shape index (κ2) is 11.4. The van der Waals surface area contributed by atoms with Crippen LogP contribution < -0.4 is 0 Å². The third-order valence-corrected chi connectivity index (χ3v) is 9.95. The first-order valence-corrected chi connectivity index (χ1v) is 14.8. The van der Waals surface area contributed by atoms with Gasteiger partial charge in [0.1, 0.15) is 0 Å². The smallest absolute Gasteiger partial charge is 0.243 e. The average Bonchev–Trinajstić information content (AvgIpc) is 3.30. The fourth-order valence-corrected chi connectivity index (χ4v) is 7.10. The molecular formula is C24H36N6O3S2. The van der Waals surface area contributed by atoms with Crippen molar-refractivity contribution in [2.24, 2.45) is 0 Å². The molecule has 0 radical (unpaired) electrons. The molecule has 2 aromatic rings. The molecule has 0 spiro atoms. The lowest BCUT2D eigenvalue weighted by molar-refractivity contribution is -0.129. The van der Waals surface area contributed by atoms with E-state index < -0.39 is 10.0 Å². The van der Waals surface area contributed by atoms with E-state index in [1.807, 2.05) is 30.5 Å². The van der Waals surface area contributed by atoms with Crippen molar-refractivity contribution in [2.45, 2.75) is 61.7 Å². The SMILES string of the molecule is CCn1c(SCC(=O)N(C)C2CCCCC2)nnc1-c1ccc(S(=O)(=O)N2CCN(C)CC2)cc1. The lowest BCUT2D eigenvalue weighted by Crippen LogP contribution is -2.46.